The predicted molar refractivity (Wildman–Crippen MR) is 72.7 cm³/mol. The molecule has 0 bridgehead atoms. The molecule has 0 aliphatic heterocycles. The Morgan fingerprint density at radius 1 is 1.15 bits per heavy atom. The van der Waals surface area contributed by atoms with Crippen molar-refractivity contribution in [2.24, 2.45) is 0 Å². The van der Waals surface area contributed by atoms with Crippen LogP contribution in [0.15, 0.2) is 30.3 Å². The van der Waals surface area contributed by atoms with E-state index in [1.165, 1.54) is 6.07 Å². The molecule has 0 saturated heterocycles. The van der Waals surface area contributed by atoms with Crippen LogP contribution in [0.2, 0.25) is 0 Å². The maximum Gasteiger partial charge on any atom is 0.354 e. The van der Waals surface area contributed by atoms with Crippen molar-refractivity contribution in [3.05, 3.63) is 47.3 Å². The molecular weight excluding hydrogens is 256 g/mol. The standard InChI is InChI=1S/C14H12N4O2/c1-8-3-5-10(6-4-8)12-16-14-15-11(13(19)20)7-9(2)18(14)17-12/h3-7H,1-2H3,(H,19,20). The largest absolute Gasteiger partial charge is 0.477 e. The number of hydrogen-bond acceptors (Lipinski definition) is 4. The number of carboxylic acids is 1. The SMILES string of the molecule is Cc1ccc(-c2nc3nc(C(=O)O)cc(C)n3n2)cc1. The number of aromatic nitrogens is 4. The Hall–Kier alpha value is -2.76. The van der Waals surface area contributed by atoms with Crippen LogP contribution in [0.3, 0.4) is 0 Å². The van der Waals surface area contributed by atoms with Crippen molar-refractivity contribution >= 4 is 11.7 Å². The van der Waals surface area contributed by atoms with Crippen molar-refractivity contribution in [1.29, 1.82) is 0 Å². The van der Waals surface area contributed by atoms with E-state index in [-0.39, 0.29) is 11.5 Å². The van der Waals surface area contributed by atoms with Gasteiger partial charge >= 0.3 is 5.97 Å². The van der Waals surface area contributed by atoms with Gasteiger partial charge in [-0.25, -0.2) is 14.3 Å². The maximum atomic E-state index is 11.0. The molecule has 1 aromatic carbocycles. The summed E-state index contributed by atoms with van der Waals surface area (Å²) >= 11 is 0. The zero-order chi connectivity index (χ0) is 14.3. The van der Waals surface area contributed by atoms with Crippen LogP contribution in [-0.4, -0.2) is 30.7 Å². The molecule has 0 fully saturated rings. The molecule has 0 spiro atoms. The second kappa shape index (κ2) is 4.41. The lowest BCUT2D eigenvalue weighted by atomic mass is 10.1. The quantitative estimate of drug-likeness (QED) is 0.769. The maximum absolute atomic E-state index is 11.0. The molecule has 3 rings (SSSR count). The van der Waals surface area contributed by atoms with Gasteiger partial charge in [-0.15, -0.1) is 5.10 Å². The Bertz CT molecular complexity index is 806. The Kier molecular flexibility index (Phi) is 2.71. The molecule has 2 heterocycles. The van der Waals surface area contributed by atoms with Gasteiger partial charge in [0.1, 0.15) is 0 Å². The second-order valence-electron chi connectivity index (χ2n) is 4.60. The van der Waals surface area contributed by atoms with Crippen molar-refractivity contribution in [1.82, 2.24) is 19.6 Å². The van der Waals surface area contributed by atoms with Crippen LogP contribution in [-0.2, 0) is 0 Å². The minimum atomic E-state index is -1.07. The number of benzene rings is 1. The number of nitrogens with zero attached hydrogens (tertiary/aromatic N) is 4. The first kappa shape index (κ1) is 12.3. The molecule has 6 nitrogen and oxygen atoms in total. The lowest BCUT2D eigenvalue weighted by Crippen LogP contribution is -2.05. The van der Waals surface area contributed by atoms with Gasteiger partial charge < -0.3 is 5.11 Å². The smallest absolute Gasteiger partial charge is 0.354 e. The number of carbonyl (C=O) groups is 1. The van der Waals surface area contributed by atoms with E-state index < -0.39 is 5.97 Å². The van der Waals surface area contributed by atoms with Crippen molar-refractivity contribution in [2.75, 3.05) is 0 Å². The number of fused-ring (bicyclic) bond motifs is 1. The van der Waals surface area contributed by atoms with Crippen LogP contribution in [0.25, 0.3) is 17.2 Å². The molecule has 20 heavy (non-hydrogen) atoms. The monoisotopic (exact) mass is 268 g/mol. The summed E-state index contributed by atoms with van der Waals surface area (Å²) in [6, 6.07) is 9.28. The topological polar surface area (TPSA) is 80.4 Å². The minimum absolute atomic E-state index is 0.0298. The highest BCUT2D eigenvalue weighted by atomic mass is 16.4. The van der Waals surface area contributed by atoms with Crippen molar-refractivity contribution in [2.45, 2.75) is 13.8 Å². The molecule has 1 N–H and O–H groups in total. The zero-order valence-corrected chi connectivity index (χ0v) is 11.0. The van der Waals surface area contributed by atoms with Gasteiger partial charge in [-0.2, -0.15) is 4.98 Å². The fraction of sp³-hybridized carbons (Fsp3) is 0.143. The number of hydrogen-bond donors (Lipinski definition) is 1. The molecule has 6 heteroatoms. The van der Waals surface area contributed by atoms with E-state index in [1.54, 1.807) is 11.4 Å². The summed E-state index contributed by atoms with van der Waals surface area (Å²) in [5.74, 6) is -0.253. The third-order valence-electron chi connectivity index (χ3n) is 3.02. The highest BCUT2D eigenvalue weighted by molar-refractivity contribution is 5.85. The van der Waals surface area contributed by atoms with Gasteiger partial charge in [0.25, 0.3) is 5.78 Å². The molecule has 0 atom stereocenters. The predicted octanol–water partition coefficient (Wildman–Crippen LogP) is 2.11. The number of carboxylic acid groups (broad SMARTS) is 1. The molecule has 0 radical (unpaired) electrons. The van der Waals surface area contributed by atoms with Gasteiger partial charge in [-0.1, -0.05) is 29.8 Å². The van der Waals surface area contributed by atoms with E-state index in [0.717, 1.165) is 11.1 Å². The summed E-state index contributed by atoms with van der Waals surface area (Å²) in [4.78, 5) is 19.3. The number of aryl methyl sites for hydroxylation is 2. The van der Waals surface area contributed by atoms with E-state index >= 15 is 0 Å². The van der Waals surface area contributed by atoms with E-state index in [1.807, 2.05) is 31.2 Å². The lowest BCUT2D eigenvalue weighted by molar-refractivity contribution is 0.0690. The number of aromatic carboxylic acids is 1. The molecule has 3 aromatic rings. The fourth-order valence-electron chi connectivity index (χ4n) is 1.95. The average molecular weight is 268 g/mol. The summed E-state index contributed by atoms with van der Waals surface area (Å²) in [5.41, 5.74) is 2.67. The van der Waals surface area contributed by atoms with Crippen molar-refractivity contribution in [3.8, 4) is 11.4 Å². The molecular formula is C14H12N4O2. The molecule has 0 unspecified atom stereocenters. The highest BCUT2D eigenvalue weighted by Gasteiger charge is 2.13. The van der Waals surface area contributed by atoms with Crippen LogP contribution in [0, 0.1) is 13.8 Å². The normalized spacial score (nSPS) is 10.9. The Morgan fingerprint density at radius 3 is 2.50 bits per heavy atom. The van der Waals surface area contributed by atoms with E-state index in [4.69, 9.17) is 5.11 Å². The number of rotatable bonds is 2. The van der Waals surface area contributed by atoms with E-state index in [2.05, 4.69) is 15.1 Å². The van der Waals surface area contributed by atoms with Crippen LogP contribution < -0.4 is 0 Å². The Morgan fingerprint density at radius 2 is 1.85 bits per heavy atom. The Labute approximate surface area is 114 Å². The van der Waals surface area contributed by atoms with Gasteiger partial charge in [0.05, 0.1) is 0 Å². The van der Waals surface area contributed by atoms with Crippen LogP contribution in [0.1, 0.15) is 21.7 Å². The van der Waals surface area contributed by atoms with Gasteiger partial charge in [0.2, 0.25) is 0 Å². The summed E-state index contributed by atoms with van der Waals surface area (Å²) in [5, 5.41) is 13.4. The molecule has 0 saturated carbocycles. The molecule has 0 aliphatic carbocycles. The van der Waals surface area contributed by atoms with E-state index in [9.17, 15) is 4.79 Å². The molecule has 0 aliphatic rings. The Balaban J connectivity index is 2.17. The average Bonchev–Trinajstić information content (AvgIpc) is 2.84. The summed E-state index contributed by atoms with van der Waals surface area (Å²) in [6.45, 7) is 3.78. The third kappa shape index (κ3) is 2.01. The van der Waals surface area contributed by atoms with Crippen molar-refractivity contribution in [3.63, 3.8) is 0 Å². The molecule has 2 aromatic heterocycles. The van der Waals surface area contributed by atoms with Gasteiger partial charge in [0, 0.05) is 11.3 Å². The first-order valence-corrected chi connectivity index (χ1v) is 6.09. The lowest BCUT2D eigenvalue weighted by Gasteiger charge is -1.98. The molecule has 100 valence electrons. The van der Waals surface area contributed by atoms with Crippen LogP contribution >= 0.6 is 0 Å². The minimum Gasteiger partial charge on any atom is -0.477 e. The van der Waals surface area contributed by atoms with Crippen molar-refractivity contribution < 1.29 is 9.90 Å². The summed E-state index contributed by atoms with van der Waals surface area (Å²) in [6.07, 6.45) is 0. The van der Waals surface area contributed by atoms with Gasteiger partial charge in [-0.3, -0.25) is 0 Å². The highest BCUT2D eigenvalue weighted by Crippen LogP contribution is 2.17. The first-order valence-electron chi connectivity index (χ1n) is 6.09. The fourth-order valence-corrected chi connectivity index (χ4v) is 1.95. The molecule has 0 amide bonds. The second-order valence-corrected chi connectivity index (χ2v) is 4.60. The van der Waals surface area contributed by atoms with Gasteiger partial charge in [0.15, 0.2) is 11.5 Å². The third-order valence-corrected chi connectivity index (χ3v) is 3.02. The zero-order valence-electron chi connectivity index (χ0n) is 11.0. The van der Waals surface area contributed by atoms with E-state index in [0.29, 0.717) is 11.5 Å². The van der Waals surface area contributed by atoms with Gasteiger partial charge in [-0.05, 0) is 19.9 Å². The van der Waals surface area contributed by atoms with Crippen LogP contribution in [0.4, 0.5) is 0 Å². The summed E-state index contributed by atoms with van der Waals surface area (Å²) in [7, 11) is 0. The van der Waals surface area contributed by atoms with Crippen LogP contribution in [0.5, 0.6) is 0 Å². The summed E-state index contributed by atoms with van der Waals surface area (Å²) < 4.78 is 1.54. The first-order chi connectivity index (χ1) is 9.54.